The predicted molar refractivity (Wildman–Crippen MR) is 111 cm³/mol. The third-order valence-corrected chi connectivity index (χ3v) is 10.9. The van der Waals surface area contributed by atoms with Crippen molar-refractivity contribution in [2.75, 3.05) is 6.61 Å². The number of rotatable bonds is 6. The van der Waals surface area contributed by atoms with Crippen LogP contribution in [0.4, 0.5) is 0 Å². The second-order valence-electron chi connectivity index (χ2n) is 9.55. The van der Waals surface area contributed by atoms with Gasteiger partial charge in [-0.15, -0.1) is 5.92 Å². The average molecular weight is 393 g/mol. The second-order valence-corrected chi connectivity index (χ2v) is 14.4. The van der Waals surface area contributed by atoms with E-state index in [2.05, 4.69) is 52.6 Å². The molecule has 0 aromatic carbocycles. The highest BCUT2D eigenvalue weighted by Gasteiger charge is 2.47. The quantitative estimate of drug-likeness (QED) is 0.241. The molecule has 0 spiro atoms. The highest BCUT2D eigenvalue weighted by molar-refractivity contribution is 6.74. The van der Waals surface area contributed by atoms with Crippen molar-refractivity contribution in [2.24, 2.45) is 17.8 Å². The Labute approximate surface area is 165 Å². The Morgan fingerprint density at radius 3 is 2.78 bits per heavy atom. The lowest BCUT2D eigenvalue weighted by Gasteiger charge is -2.36. The minimum atomic E-state index is -1.68. The van der Waals surface area contributed by atoms with Crippen LogP contribution in [-0.4, -0.2) is 38.2 Å². The van der Waals surface area contributed by atoms with Gasteiger partial charge in [-0.2, -0.15) is 0 Å². The summed E-state index contributed by atoms with van der Waals surface area (Å²) in [6.45, 7) is 14.1. The summed E-state index contributed by atoms with van der Waals surface area (Å²) in [5, 5.41) is 10.3. The third-order valence-electron chi connectivity index (χ3n) is 6.40. The summed E-state index contributed by atoms with van der Waals surface area (Å²) in [6, 6.07) is 0. The molecule has 0 aromatic heterocycles. The van der Waals surface area contributed by atoms with E-state index in [-0.39, 0.29) is 28.9 Å². The number of hydrogen-bond donors (Lipinski definition) is 1. The van der Waals surface area contributed by atoms with Gasteiger partial charge in [-0.1, -0.05) is 39.7 Å². The number of carbonyl (C=O) groups excluding carboxylic acids is 1. The first-order valence-electron chi connectivity index (χ1n) is 10.2. The summed E-state index contributed by atoms with van der Waals surface area (Å²) in [7, 11) is -1.68. The zero-order valence-corrected chi connectivity index (χ0v) is 18.7. The Balaban J connectivity index is 1.73. The van der Waals surface area contributed by atoms with Crippen LogP contribution in [0.5, 0.6) is 0 Å². The van der Waals surface area contributed by atoms with Crippen molar-refractivity contribution < 1.29 is 19.1 Å². The van der Waals surface area contributed by atoms with Crippen molar-refractivity contribution in [1.29, 1.82) is 0 Å². The molecule has 152 valence electrons. The van der Waals surface area contributed by atoms with E-state index in [9.17, 15) is 9.90 Å². The Bertz CT molecular complexity index is 608. The maximum atomic E-state index is 11.5. The first kappa shape index (κ1) is 22.2. The van der Waals surface area contributed by atoms with Gasteiger partial charge in [-0.05, 0) is 48.9 Å². The summed E-state index contributed by atoms with van der Waals surface area (Å²) < 4.78 is 11.5. The first-order valence-corrected chi connectivity index (χ1v) is 13.1. The molecule has 2 unspecified atom stereocenters. The largest absolute Gasteiger partial charge is 0.462 e. The summed E-state index contributed by atoms with van der Waals surface area (Å²) in [6.07, 6.45) is 6.15. The fourth-order valence-corrected chi connectivity index (χ4v) is 4.76. The molecular formula is C22H36O4Si. The number of aliphatic hydroxyl groups is 1. The van der Waals surface area contributed by atoms with Gasteiger partial charge in [0.1, 0.15) is 12.2 Å². The molecule has 4 nitrogen and oxygen atoms in total. The molecule has 2 aliphatic rings. The van der Waals surface area contributed by atoms with Gasteiger partial charge in [0, 0.05) is 18.9 Å². The van der Waals surface area contributed by atoms with Crippen LogP contribution < -0.4 is 0 Å². The number of ether oxygens (including phenoxy) is 1. The van der Waals surface area contributed by atoms with E-state index in [0.717, 1.165) is 25.9 Å². The summed E-state index contributed by atoms with van der Waals surface area (Å²) in [4.78, 5) is 11.5. The lowest BCUT2D eigenvalue weighted by atomic mass is 9.88. The number of esters is 1. The molecule has 5 atom stereocenters. The lowest BCUT2D eigenvalue weighted by molar-refractivity contribution is -0.141. The highest BCUT2D eigenvalue weighted by atomic mass is 28.4. The van der Waals surface area contributed by atoms with E-state index in [4.69, 9.17) is 9.16 Å². The highest BCUT2D eigenvalue weighted by Crippen LogP contribution is 2.45. The van der Waals surface area contributed by atoms with Gasteiger partial charge in [-0.25, -0.2) is 0 Å². The predicted octanol–water partition coefficient (Wildman–Crippen LogP) is 4.30. The molecule has 1 saturated heterocycles. The van der Waals surface area contributed by atoms with Crippen LogP contribution >= 0.6 is 0 Å². The van der Waals surface area contributed by atoms with Crippen molar-refractivity contribution in [3.63, 3.8) is 0 Å². The van der Waals surface area contributed by atoms with Crippen LogP contribution in [0.2, 0.25) is 18.1 Å². The van der Waals surface area contributed by atoms with E-state index in [1.54, 1.807) is 6.08 Å². The molecule has 1 N–H and O–H groups in total. The second kappa shape index (κ2) is 8.94. The molecule has 2 fully saturated rings. The van der Waals surface area contributed by atoms with E-state index in [1.165, 1.54) is 0 Å². The van der Waals surface area contributed by atoms with Gasteiger partial charge in [0.15, 0.2) is 8.32 Å². The van der Waals surface area contributed by atoms with Crippen molar-refractivity contribution in [3.05, 3.63) is 12.2 Å². The molecule has 1 aliphatic heterocycles. The topological polar surface area (TPSA) is 55.8 Å². The molecule has 5 heteroatoms. The molecule has 0 amide bonds. The molecule has 27 heavy (non-hydrogen) atoms. The fourth-order valence-electron chi connectivity index (χ4n) is 3.68. The number of fused-ring (bicyclic) bond motifs is 1. The Kier molecular flexibility index (Phi) is 7.35. The first-order chi connectivity index (χ1) is 12.5. The van der Waals surface area contributed by atoms with Crippen LogP contribution in [-0.2, 0) is 14.0 Å². The average Bonchev–Trinajstić information content (AvgIpc) is 3.02. The van der Waals surface area contributed by atoms with Crippen molar-refractivity contribution in [1.82, 2.24) is 0 Å². The lowest BCUT2D eigenvalue weighted by Crippen LogP contribution is -2.40. The van der Waals surface area contributed by atoms with Gasteiger partial charge in [0.05, 0.1) is 6.42 Å². The smallest absolute Gasteiger partial charge is 0.306 e. The van der Waals surface area contributed by atoms with E-state index < -0.39 is 14.4 Å². The normalized spacial score (nSPS) is 29.4. The minimum absolute atomic E-state index is 0.0614. The van der Waals surface area contributed by atoms with Gasteiger partial charge in [-0.3, -0.25) is 4.79 Å². The summed E-state index contributed by atoms with van der Waals surface area (Å²) >= 11 is 0. The SMILES string of the molecule is C[C@@H]1C[C@@H]2OC(=O)C[C@@H]2C1/C=C/C(O)C#CCCCO[Si](C)(C)C(C)(C)C. The van der Waals surface area contributed by atoms with Gasteiger partial charge >= 0.3 is 5.97 Å². The van der Waals surface area contributed by atoms with Crippen molar-refractivity contribution in [2.45, 2.75) is 83.7 Å². The molecule has 0 radical (unpaired) electrons. The summed E-state index contributed by atoms with van der Waals surface area (Å²) in [5.41, 5.74) is 0. The van der Waals surface area contributed by atoms with Crippen molar-refractivity contribution >= 4 is 14.3 Å². The van der Waals surface area contributed by atoms with E-state index in [0.29, 0.717) is 12.3 Å². The van der Waals surface area contributed by atoms with Crippen LogP contribution in [0.25, 0.3) is 0 Å². The standard InChI is InChI=1S/C22H36O4Si/c1-16-14-20-19(15-21(24)26-20)18(16)12-11-17(23)10-8-7-9-13-25-27(5,6)22(2,3)4/h11-12,16-20,23H,7,9,13-15H2,1-6H3/b12-11+/t16-,17?,18?,19-,20+/m1/s1. The monoisotopic (exact) mass is 392 g/mol. The van der Waals surface area contributed by atoms with Crippen LogP contribution in [0.1, 0.15) is 53.4 Å². The maximum absolute atomic E-state index is 11.5. The Morgan fingerprint density at radius 1 is 1.41 bits per heavy atom. The Morgan fingerprint density at radius 2 is 2.11 bits per heavy atom. The van der Waals surface area contributed by atoms with Crippen LogP contribution in [0.3, 0.4) is 0 Å². The fraction of sp³-hybridized carbons (Fsp3) is 0.773. The van der Waals surface area contributed by atoms with Crippen molar-refractivity contribution in [3.8, 4) is 11.8 Å². The number of unbranched alkanes of at least 4 members (excludes halogenated alkanes) is 1. The molecular weight excluding hydrogens is 356 g/mol. The number of hydrogen-bond acceptors (Lipinski definition) is 4. The summed E-state index contributed by atoms with van der Waals surface area (Å²) in [5.74, 6) is 6.88. The molecule has 0 bridgehead atoms. The Hall–Kier alpha value is -1.09. The number of carbonyl (C=O) groups is 1. The van der Waals surface area contributed by atoms with Gasteiger partial charge in [0.2, 0.25) is 0 Å². The zero-order chi connectivity index (χ0) is 20.2. The number of allylic oxidation sites excluding steroid dienone is 1. The van der Waals surface area contributed by atoms with Gasteiger partial charge < -0.3 is 14.3 Å². The molecule has 1 saturated carbocycles. The van der Waals surface area contributed by atoms with E-state index >= 15 is 0 Å². The maximum Gasteiger partial charge on any atom is 0.306 e. The molecule has 2 rings (SSSR count). The number of aliphatic hydroxyl groups excluding tert-OH is 1. The van der Waals surface area contributed by atoms with Gasteiger partial charge in [0.25, 0.3) is 0 Å². The van der Waals surface area contributed by atoms with Crippen LogP contribution in [0, 0.1) is 29.6 Å². The molecule has 1 aliphatic carbocycles. The van der Waals surface area contributed by atoms with Crippen LogP contribution in [0.15, 0.2) is 12.2 Å². The molecule has 0 aromatic rings. The minimum Gasteiger partial charge on any atom is -0.462 e. The zero-order valence-electron chi connectivity index (χ0n) is 17.7. The molecule has 1 heterocycles. The third kappa shape index (κ3) is 5.94. The van der Waals surface area contributed by atoms with E-state index in [1.807, 2.05) is 6.08 Å².